The Balaban J connectivity index is 1.91. The van der Waals surface area contributed by atoms with Crippen LogP contribution < -0.4 is 0 Å². The minimum absolute atomic E-state index is 0.317. The summed E-state index contributed by atoms with van der Waals surface area (Å²) in [7, 11) is 0. The number of halogens is 1. The van der Waals surface area contributed by atoms with E-state index in [-0.39, 0.29) is 0 Å². The Labute approximate surface area is 102 Å². The van der Waals surface area contributed by atoms with Crippen LogP contribution in [0.15, 0.2) is 24.3 Å². The van der Waals surface area contributed by atoms with E-state index < -0.39 is 0 Å². The Morgan fingerprint density at radius 1 is 1.31 bits per heavy atom. The van der Waals surface area contributed by atoms with Crippen LogP contribution in [0.5, 0.6) is 0 Å². The number of piperidine rings is 1. The zero-order valence-corrected chi connectivity index (χ0v) is 10.2. The summed E-state index contributed by atoms with van der Waals surface area (Å²) in [6, 6.07) is 8.02. The molecule has 1 N–H and O–H groups in total. The third-order valence-electron chi connectivity index (χ3n) is 3.18. The summed E-state index contributed by atoms with van der Waals surface area (Å²) < 4.78 is 0. The highest BCUT2D eigenvalue weighted by atomic mass is 35.5. The van der Waals surface area contributed by atoms with Crippen molar-refractivity contribution in [2.24, 2.45) is 5.92 Å². The first kappa shape index (κ1) is 11.9. The zero-order valence-electron chi connectivity index (χ0n) is 9.40. The molecule has 1 saturated heterocycles. The summed E-state index contributed by atoms with van der Waals surface area (Å²) in [6.07, 6.45) is 2.35. The molecule has 16 heavy (non-hydrogen) atoms. The number of aliphatic hydroxyl groups is 1. The number of hydrogen-bond acceptors (Lipinski definition) is 2. The Kier molecular flexibility index (Phi) is 4.22. The van der Waals surface area contributed by atoms with Crippen molar-refractivity contribution >= 4 is 11.6 Å². The average molecular weight is 240 g/mol. The van der Waals surface area contributed by atoms with Crippen molar-refractivity contribution in [2.45, 2.75) is 19.4 Å². The Hall–Kier alpha value is -0.570. The molecule has 0 radical (unpaired) electrons. The zero-order chi connectivity index (χ0) is 11.4. The monoisotopic (exact) mass is 239 g/mol. The smallest absolute Gasteiger partial charge is 0.0471 e. The summed E-state index contributed by atoms with van der Waals surface area (Å²) in [5, 5.41) is 9.95. The summed E-state index contributed by atoms with van der Waals surface area (Å²) >= 11 is 5.85. The molecule has 1 aliphatic rings. The highest BCUT2D eigenvalue weighted by molar-refractivity contribution is 6.30. The first-order valence-corrected chi connectivity index (χ1v) is 6.23. The van der Waals surface area contributed by atoms with Crippen molar-refractivity contribution in [3.8, 4) is 0 Å². The average Bonchev–Trinajstić information content (AvgIpc) is 2.32. The Morgan fingerprint density at radius 3 is 2.75 bits per heavy atom. The van der Waals surface area contributed by atoms with Gasteiger partial charge in [-0.05, 0) is 43.0 Å². The van der Waals surface area contributed by atoms with E-state index in [4.69, 9.17) is 16.7 Å². The van der Waals surface area contributed by atoms with Crippen LogP contribution >= 0.6 is 11.6 Å². The second-order valence-corrected chi connectivity index (χ2v) is 4.99. The van der Waals surface area contributed by atoms with Crippen LogP contribution in [0.3, 0.4) is 0 Å². The molecule has 0 spiro atoms. The number of nitrogens with zero attached hydrogens (tertiary/aromatic N) is 1. The summed E-state index contributed by atoms with van der Waals surface area (Å²) in [4.78, 5) is 2.41. The van der Waals surface area contributed by atoms with Gasteiger partial charge in [0.25, 0.3) is 0 Å². The lowest BCUT2D eigenvalue weighted by Crippen LogP contribution is -2.36. The first-order valence-electron chi connectivity index (χ1n) is 5.85. The third kappa shape index (κ3) is 3.21. The Bertz CT molecular complexity index is 325. The molecule has 2 nitrogen and oxygen atoms in total. The molecule has 1 aromatic rings. The molecule has 1 aromatic carbocycles. The molecule has 0 bridgehead atoms. The quantitative estimate of drug-likeness (QED) is 0.877. The fourth-order valence-corrected chi connectivity index (χ4v) is 2.42. The number of likely N-dealkylation sites (tertiary alicyclic amines) is 1. The Morgan fingerprint density at radius 2 is 2.06 bits per heavy atom. The van der Waals surface area contributed by atoms with Crippen LogP contribution in [-0.4, -0.2) is 29.7 Å². The second kappa shape index (κ2) is 5.67. The van der Waals surface area contributed by atoms with Gasteiger partial charge in [0.15, 0.2) is 0 Å². The number of aliphatic hydroxyl groups excluding tert-OH is 1. The van der Waals surface area contributed by atoms with E-state index in [0.29, 0.717) is 12.5 Å². The van der Waals surface area contributed by atoms with Gasteiger partial charge in [-0.15, -0.1) is 0 Å². The van der Waals surface area contributed by atoms with E-state index in [2.05, 4.69) is 17.0 Å². The summed E-state index contributed by atoms with van der Waals surface area (Å²) in [5.74, 6) is 0.459. The molecular formula is C13H18ClNO. The van der Waals surface area contributed by atoms with Gasteiger partial charge in [0.2, 0.25) is 0 Å². The van der Waals surface area contributed by atoms with Crippen molar-refractivity contribution in [1.29, 1.82) is 0 Å². The highest BCUT2D eigenvalue weighted by Crippen LogP contribution is 2.18. The SMILES string of the molecule is OC[C@H]1CCCN(Cc2ccc(Cl)cc2)C1. The van der Waals surface area contributed by atoms with Crippen LogP contribution in [0.1, 0.15) is 18.4 Å². The van der Waals surface area contributed by atoms with Crippen molar-refractivity contribution in [2.75, 3.05) is 19.7 Å². The van der Waals surface area contributed by atoms with Crippen molar-refractivity contribution < 1.29 is 5.11 Å². The standard InChI is InChI=1S/C13H18ClNO/c14-13-5-3-11(4-6-13)8-15-7-1-2-12(9-15)10-16/h3-6,12,16H,1-2,7-10H2/t12-/m0/s1. The van der Waals surface area contributed by atoms with Gasteiger partial charge >= 0.3 is 0 Å². The van der Waals surface area contributed by atoms with E-state index in [9.17, 15) is 0 Å². The normalized spacial score (nSPS) is 22.2. The van der Waals surface area contributed by atoms with Gasteiger partial charge in [0.05, 0.1) is 0 Å². The lowest BCUT2D eigenvalue weighted by molar-refractivity contribution is 0.116. The molecule has 88 valence electrons. The van der Waals surface area contributed by atoms with Gasteiger partial charge in [0, 0.05) is 24.7 Å². The van der Waals surface area contributed by atoms with E-state index in [0.717, 1.165) is 31.1 Å². The lowest BCUT2D eigenvalue weighted by atomic mass is 9.98. The van der Waals surface area contributed by atoms with Gasteiger partial charge in [-0.1, -0.05) is 23.7 Å². The molecule has 0 aromatic heterocycles. The molecule has 1 fully saturated rings. The van der Waals surface area contributed by atoms with Crippen LogP contribution in [0, 0.1) is 5.92 Å². The summed E-state index contributed by atoms with van der Waals surface area (Å²) in [6.45, 7) is 3.43. The van der Waals surface area contributed by atoms with Crippen molar-refractivity contribution in [1.82, 2.24) is 4.90 Å². The molecular weight excluding hydrogens is 222 g/mol. The van der Waals surface area contributed by atoms with Crippen molar-refractivity contribution in [3.05, 3.63) is 34.9 Å². The maximum absolute atomic E-state index is 9.17. The highest BCUT2D eigenvalue weighted by Gasteiger charge is 2.18. The molecule has 0 amide bonds. The third-order valence-corrected chi connectivity index (χ3v) is 3.43. The predicted molar refractivity (Wildman–Crippen MR) is 66.5 cm³/mol. The largest absolute Gasteiger partial charge is 0.396 e. The van der Waals surface area contributed by atoms with Crippen LogP contribution in [0.2, 0.25) is 5.02 Å². The number of rotatable bonds is 3. The fourth-order valence-electron chi connectivity index (χ4n) is 2.29. The molecule has 0 aliphatic carbocycles. The number of hydrogen-bond donors (Lipinski definition) is 1. The predicted octanol–water partition coefficient (Wildman–Crippen LogP) is 2.54. The van der Waals surface area contributed by atoms with Gasteiger partial charge in [-0.25, -0.2) is 0 Å². The van der Waals surface area contributed by atoms with Gasteiger partial charge in [-0.3, -0.25) is 4.90 Å². The first-order chi connectivity index (χ1) is 7.78. The minimum atomic E-state index is 0.317. The molecule has 1 atom stereocenters. The molecule has 2 rings (SSSR count). The topological polar surface area (TPSA) is 23.5 Å². The molecule has 1 aliphatic heterocycles. The van der Waals surface area contributed by atoms with E-state index in [1.807, 2.05) is 12.1 Å². The molecule has 0 unspecified atom stereocenters. The maximum atomic E-state index is 9.17. The van der Waals surface area contributed by atoms with Crippen LogP contribution in [-0.2, 0) is 6.54 Å². The van der Waals surface area contributed by atoms with Crippen LogP contribution in [0.25, 0.3) is 0 Å². The van der Waals surface area contributed by atoms with Gasteiger partial charge < -0.3 is 5.11 Å². The molecule has 1 heterocycles. The van der Waals surface area contributed by atoms with Crippen LogP contribution in [0.4, 0.5) is 0 Å². The minimum Gasteiger partial charge on any atom is -0.396 e. The summed E-state index contributed by atoms with van der Waals surface area (Å²) in [5.41, 5.74) is 1.29. The van der Waals surface area contributed by atoms with Gasteiger partial charge in [0.1, 0.15) is 0 Å². The second-order valence-electron chi connectivity index (χ2n) is 4.55. The van der Waals surface area contributed by atoms with Gasteiger partial charge in [-0.2, -0.15) is 0 Å². The lowest BCUT2D eigenvalue weighted by Gasteiger charge is -2.31. The fraction of sp³-hybridized carbons (Fsp3) is 0.538. The maximum Gasteiger partial charge on any atom is 0.0471 e. The van der Waals surface area contributed by atoms with E-state index in [1.165, 1.54) is 12.0 Å². The van der Waals surface area contributed by atoms with E-state index in [1.54, 1.807) is 0 Å². The number of benzene rings is 1. The molecule has 0 saturated carbocycles. The van der Waals surface area contributed by atoms with E-state index >= 15 is 0 Å². The molecule has 3 heteroatoms. The van der Waals surface area contributed by atoms with Crippen molar-refractivity contribution in [3.63, 3.8) is 0 Å².